The first kappa shape index (κ1) is 22.1. The van der Waals surface area contributed by atoms with Gasteiger partial charge in [-0.25, -0.2) is 4.39 Å². The normalized spacial score (nSPS) is 15.9. The molecule has 1 aliphatic heterocycles. The number of nitrogens with zero attached hydrogens (tertiary/aromatic N) is 1. The average Bonchev–Trinajstić information content (AvgIpc) is 3.19. The number of ether oxygens (including phenoxy) is 1. The molecule has 0 saturated carbocycles. The molecule has 2 aromatic carbocycles. The van der Waals surface area contributed by atoms with Crippen LogP contribution in [0.2, 0.25) is 5.02 Å². The third kappa shape index (κ3) is 4.31. The van der Waals surface area contributed by atoms with Gasteiger partial charge in [0.25, 0.3) is 0 Å². The number of esters is 1. The summed E-state index contributed by atoms with van der Waals surface area (Å²) < 4.78 is 22.6. The minimum Gasteiger partial charge on any atom is -0.460 e. The Hall–Kier alpha value is -2.11. The van der Waals surface area contributed by atoms with E-state index in [4.69, 9.17) is 16.3 Å². The van der Waals surface area contributed by atoms with Crippen molar-refractivity contribution in [1.29, 1.82) is 0 Å². The van der Waals surface area contributed by atoms with Crippen LogP contribution in [0.4, 0.5) is 4.39 Å². The number of aromatic nitrogens is 1. The van der Waals surface area contributed by atoms with Gasteiger partial charge in [-0.05, 0) is 78.5 Å². The van der Waals surface area contributed by atoms with Crippen LogP contribution in [-0.2, 0) is 16.1 Å². The lowest BCUT2D eigenvalue weighted by Gasteiger charge is -2.21. The van der Waals surface area contributed by atoms with Gasteiger partial charge in [0.1, 0.15) is 11.4 Å². The van der Waals surface area contributed by atoms with E-state index in [1.54, 1.807) is 6.07 Å². The van der Waals surface area contributed by atoms with E-state index in [0.29, 0.717) is 16.0 Å². The fourth-order valence-electron chi connectivity index (χ4n) is 4.38. The second kappa shape index (κ2) is 8.10. The minimum absolute atomic E-state index is 0.0312. The monoisotopic (exact) mass is 503 g/mol. The SMILES string of the molecule is C=C(c1ccc(Cl)cc1)c1c2n(c3cc(F)cc(Br)c13)CCC2CC(=O)OC(C)(C)C. The predicted octanol–water partition coefficient (Wildman–Crippen LogP) is 7.48. The molecule has 0 bridgehead atoms. The van der Waals surface area contributed by atoms with Crippen LogP contribution in [0, 0.1) is 5.82 Å². The molecule has 3 nitrogen and oxygen atoms in total. The first-order valence-corrected chi connectivity index (χ1v) is 11.4. The minimum atomic E-state index is -0.537. The lowest BCUT2D eigenvalue weighted by molar-refractivity contribution is -0.155. The number of hydrogen-bond donors (Lipinski definition) is 0. The van der Waals surface area contributed by atoms with Gasteiger partial charge in [0.2, 0.25) is 0 Å². The fourth-order valence-corrected chi connectivity index (χ4v) is 5.13. The highest BCUT2D eigenvalue weighted by atomic mass is 79.9. The summed E-state index contributed by atoms with van der Waals surface area (Å²) >= 11 is 9.63. The van der Waals surface area contributed by atoms with Gasteiger partial charge < -0.3 is 9.30 Å². The number of rotatable bonds is 4. The molecule has 0 spiro atoms. The van der Waals surface area contributed by atoms with E-state index in [9.17, 15) is 9.18 Å². The zero-order chi connectivity index (χ0) is 22.5. The average molecular weight is 505 g/mol. The topological polar surface area (TPSA) is 31.2 Å². The molecular formula is C25H24BrClFNO2. The molecule has 0 aliphatic carbocycles. The second-order valence-corrected chi connectivity index (χ2v) is 10.2. The first-order chi connectivity index (χ1) is 14.5. The molecule has 3 aromatic rings. The van der Waals surface area contributed by atoms with Crippen LogP contribution in [0.1, 0.15) is 56.4 Å². The van der Waals surface area contributed by atoms with E-state index in [1.807, 2.05) is 45.0 Å². The molecule has 31 heavy (non-hydrogen) atoms. The van der Waals surface area contributed by atoms with Gasteiger partial charge in [-0.15, -0.1) is 0 Å². The van der Waals surface area contributed by atoms with Gasteiger partial charge in [0.15, 0.2) is 0 Å². The number of aryl methyl sites for hydroxylation is 1. The van der Waals surface area contributed by atoms with Gasteiger partial charge in [-0.3, -0.25) is 4.79 Å². The molecule has 0 N–H and O–H groups in total. The molecule has 1 unspecified atom stereocenters. The molecule has 0 fully saturated rings. The largest absolute Gasteiger partial charge is 0.460 e. The van der Waals surface area contributed by atoms with E-state index in [-0.39, 0.29) is 24.1 Å². The Morgan fingerprint density at radius 2 is 1.97 bits per heavy atom. The summed E-state index contributed by atoms with van der Waals surface area (Å²) in [4.78, 5) is 12.6. The summed E-state index contributed by atoms with van der Waals surface area (Å²) in [7, 11) is 0. The maximum Gasteiger partial charge on any atom is 0.306 e. The fraction of sp³-hybridized carbons (Fsp3) is 0.320. The third-order valence-electron chi connectivity index (χ3n) is 5.54. The van der Waals surface area contributed by atoms with E-state index in [0.717, 1.165) is 39.7 Å². The van der Waals surface area contributed by atoms with E-state index in [2.05, 4.69) is 27.1 Å². The second-order valence-electron chi connectivity index (χ2n) is 8.96. The molecule has 1 atom stereocenters. The Labute approximate surface area is 195 Å². The number of benzene rings is 2. The Morgan fingerprint density at radius 1 is 1.29 bits per heavy atom. The number of carbonyl (C=O) groups is 1. The van der Waals surface area contributed by atoms with Crippen molar-refractivity contribution < 1.29 is 13.9 Å². The van der Waals surface area contributed by atoms with E-state index < -0.39 is 5.60 Å². The van der Waals surface area contributed by atoms with Crippen LogP contribution >= 0.6 is 27.5 Å². The van der Waals surface area contributed by atoms with Crippen LogP contribution in [0.15, 0.2) is 47.4 Å². The Kier molecular flexibility index (Phi) is 5.78. The van der Waals surface area contributed by atoms with Crippen LogP contribution in [0.25, 0.3) is 16.5 Å². The van der Waals surface area contributed by atoms with E-state index >= 15 is 0 Å². The maximum absolute atomic E-state index is 14.3. The highest BCUT2D eigenvalue weighted by Crippen LogP contribution is 2.46. The standard InChI is InChI=1S/C25H24BrClFNO2/c1-14(15-5-7-17(27)8-6-15)22-23-19(26)12-18(28)13-20(23)29-10-9-16(24(22)29)11-21(30)31-25(2,3)4/h5-8,12-13,16H,1,9-11H2,2-4H3. The van der Waals surface area contributed by atoms with Crippen molar-refractivity contribution in [3.8, 4) is 0 Å². The van der Waals surface area contributed by atoms with Gasteiger partial charge >= 0.3 is 5.97 Å². The highest BCUT2D eigenvalue weighted by molar-refractivity contribution is 9.10. The number of halogens is 3. The van der Waals surface area contributed by atoms with Crippen molar-refractivity contribution in [1.82, 2.24) is 4.57 Å². The first-order valence-electron chi connectivity index (χ1n) is 10.2. The summed E-state index contributed by atoms with van der Waals surface area (Å²) in [5.74, 6) is -0.570. The summed E-state index contributed by atoms with van der Waals surface area (Å²) in [6, 6.07) is 10.5. The quantitative estimate of drug-likeness (QED) is 0.345. The molecule has 1 aromatic heterocycles. The molecule has 0 saturated heterocycles. The molecule has 6 heteroatoms. The summed E-state index contributed by atoms with van der Waals surface area (Å²) in [6.45, 7) is 10.7. The van der Waals surface area contributed by atoms with E-state index in [1.165, 1.54) is 6.07 Å². The summed E-state index contributed by atoms with van der Waals surface area (Å²) in [5, 5.41) is 1.56. The Balaban J connectivity index is 1.86. The lowest BCUT2D eigenvalue weighted by atomic mass is 9.90. The van der Waals surface area contributed by atoms with Gasteiger partial charge in [0.05, 0.1) is 11.9 Å². The van der Waals surface area contributed by atoms with Gasteiger partial charge in [0, 0.05) is 38.6 Å². The number of hydrogen-bond acceptors (Lipinski definition) is 2. The zero-order valence-electron chi connectivity index (χ0n) is 17.8. The maximum atomic E-state index is 14.3. The van der Waals surface area contributed by atoms with Crippen molar-refractivity contribution in [3.63, 3.8) is 0 Å². The number of fused-ring (bicyclic) bond motifs is 3. The van der Waals surface area contributed by atoms with Crippen molar-refractivity contribution in [3.05, 3.63) is 75.1 Å². The molecule has 0 amide bonds. The van der Waals surface area contributed by atoms with Gasteiger partial charge in [-0.2, -0.15) is 0 Å². The van der Waals surface area contributed by atoms with Crippen LogP contribution in [-0.4, -0.2) is 16.1 Å². The molecule has 1 aliphatic rings. The predicted molar refractivity (Wildman–Crippen MR) is 127 cm³/mol. The van der Waals surface area contributed by atoms with Crippen molar-refractivity contribution >= 4 is 50.0 Å². The smallest absolute Gasteiger partial charge is 0.306 e. The van der Waals surface area contributed by atoms with Crippen LogP contribution in [0.5, 0.6) is 0 Å². The summed E-state index contributed by atoms with van der Waals surface area (Å²) in [6.07, 6.45) is 1.06. The van der Waals surface area contributed by atoms with Crippen LogP contribution < -0.4 is 0 Å². The highest BCUT2D eigenvalue weighted by Gasteiger charge is 2.34. The summed E-state index contributed by atoms with van der Waals surface area (Å²) in [5.41, 5.74) is 3.96. The molecule has 4 rings (SSSR count). The molecule has 162 valence electrons. The molecular weight excluding hydrogens is 481 g/mol. The lowest BCUT2D eigenvalue weighted by Crippen LogP contribution is -2.24. The zero-order valence-corrected chi connectivity index (χ0v) is 20.1. The number of carbonyl (C=O) groups excluding carboxylic acids is 1. The van der Waals surface area contributed by atoms with Crippen molar-refractivity contribution in [2.75, 3.05) is 0 Å². The van der Waals surface area contributed by atoms with Crippen LogP contribution in [0.3, 0.4) is 0 Å². The van der Waals surface area contributed by atoms with Crippen molar-refractivity contribution in [2.24, 2.45) is 0 Å². The van der Waals surface area contributed by atoms with Crippen molar-refractivity contribution in [2.45, 2.75) is 51.7 Å². The molecule has 2 heterocycles. The molecule has 0 radical (unpaired) electrons. The Morgan fingerprint density at radius 3 is 2.61 bits per heavy atom. The third-order valence-corrected chi connectivity index (χ3v) is 6.41. The van der Waals surface area contributed by atoms with Gasteiger partial charge in [-0.1, -0.05) is 30.3 Å². The Bertz CT molecular complexity index is 1190.